The molecular formula is C12H14ClN5. The number of anilines is 1. The van der Waals surface area contributed by atoms with E-state index in [1.54, 1.807) is 12.1 Å². The SMILES string of the molecule is Nc1ccc(Cl)c(CN2CCn3ccnc3C2)n1. The van der Waals surface area contributed by atoms with Gasteiger partial charge in [-0.2, -0.15) is 0 Å². The number of halogens is 1. The van der Waals surface area contributed by atoms with E-state index < -0.39 is 0 Å². The molecule has 0 amide bonds. The van der Waals surface area contributed by atoms with E-state index >= 15 is 0 Å². The van der Waals surface area contributed by atoms with Gasteiger partial charge in [-0.1, -0.05) is 11.6 Å². The summed E-state index contributed by atoms with van der Waals surface area (Å²) in [6.07, 6.45) is 3.85. The van der Waals surface area contributed by atoms with Gasteiger partial charge >= 0.3 is 0 Å². The van der Waals surface area contributed by atoms with E-state index in [4.69, 9.17) is 17.3 Å². The van der Waals surface area contributed by atoms with Gasteiger partial charge in [0.1, 0.15) is 11.6 Å². The molecule has 6 heteroatoms. The van der Waals surface area contributed by atoms with Crippen LogP contribution in [-0.4, -0.2) is 26.0 Å². The summed E-state index contributed by atoms with van der Waals surface area (Å²) in [4.78, 5) is 10.9. The van der Waals surface area contributed by atoms with Gasteiger partial charge in [-0.25, -0.2) is 9.97 Å². The van der Waals surface area contributed by atoms with Crippen LogP contribution in [0.1, 0.15) is 11.5 Å². The standard InChI is InChI=1S/C12H14ClN5/c13-9-1-2-11(14)16-10(9)7-17-5-6-18-4-3-15-12(18)8-17/h1-4H,5-8H2,(H2,14,16). The molecule has 0 aliphatic carbocycles. The Hall–Kier alpha value is -1.59. The second kappa shape index (κ2) is 4.59. The van der Waals surface area contributed by atoms with Crippen molar-refractivity contribution in [3.63, 3.8) is 0 Å². The number of hydrogen-bond acceptors (Lipinski definition) is 4. The third kappa shape index (κ3) is 2.19. The summed E-state index contributed by atoms with van der Waals surface area (Å²) in [6, 6.07) is 3.51. The molecule has 0 aromatic carbocycles. The highest BCUT2D eigenvalue weighted by molar-refractivity contribution is 6.31. The van der Waals surface area contributed by atoms with E-state index in [1.165, 1.54) is 0 Å². The molecule has 0 radical (unpaired) electrons. The number of hydrogen-bond donors (Lipinski definition) is 1. The summed E-state index contributed by atoms with van der Waals surface area (Å²) in [5.41, 5.74) is 6.52. The highest BCUT2D eigenvalue weighted by atomic mass is 35.5. The lowest BCUT2D eigenvalue weighted by Crippen LogP contribution is -2.33. The molecule has 0 fully saturated rings. The number of imidazole rings is 1. The molecule has 94 valence electrons. The van der Waals surface area contributed by atoms with Crippen molar-refractivity contribution in [1.82, 2.24) is 19.4 Å². The van der Waals surface area contributed by atoms with Gasteiger partial charge in [-0.3, -0.25) is 4.90 Å². The van der Waals surface area contributed by atoms with Crippen molar-refractivity contribution in [3.8, 4) is 0 Å². The van der Waals surface area contributed by atoms with E-state index in [0.717, 1.165) is 31.2 Å². The summed E-state index contributed by atoms with van der Waals surface area (Å²) < 4.78 is 2.17. The number of rotatable bonds is 2. The quantitative estimate of drug-likeness (QED) is 0.893. The van der Waals surface area contributed by atoms with E-state index in [-0.39, 0.29) is 0 Å². The Morgan fingerprint density at radius 3 is 3.11 bits per heavy atom. The molecule has 2 aromatic heterocycles. The molecule has 5 nitrogen and oxygen atoms in total. The van der Waals surface area contributed by atoms with Gasteiger partial charge in [0.2, 0.25) is 0 Å². The molecule has 0 spiro atoms. The van der Waals surface area contributed by atoms with Gasteiger partial charge in [0.25, 0.3) is 0 Å². The van der Waals surface area contributed by atoms with Crippen molar-refractivity contribution in [2.45, 2.75) is 19.6 Å². The third-order valence-corrected chi connectivity index (χ3v) is 3.48. The Morgan fingerprint density at radius 2 is 2.22 bits per heavy atom. The first kappa shape index (κ1) is 11.5. The number of nitrogen functional groups attached to an aromatic ring is 1. The summed E-state index contributed by atoms with van der Waals surface area (Å²) >= 11 is 6.13. The molecule has 0 saturated carbocycles. The lowest BCUT2D eigenvalue weighted by atomic mass is 10.3. The fourth-order valence-electron chi connectivity index (χ4n) is 2.18. The molecule has 3 rings (SSSR count). The second-order valence-corrected chi connectivity index (χ2v) is 4.82. The Labute approximate surface area is 110 Å². The summed E-state index contributed by atoms with van der Waals surface area (Å²) in [5, 5.41) is 0.665. The van der Waals surface area contributed by atoms with Crippen molar-refractivity contribution in [3.05, 3.63) is 41.1 Å². The van der Waals surface area contributed by atoms with Gasteiger partial charge in [0, 0.05) is 32.0 Å². The minimum Gasteiger partial charge on any atom is -0.384 e. The van der Waals surface area contributed by atoms with Crippen LogP contribution in [0.15, 0.2) is 24.5 Å². The second-order valence-electron chi connectivity index (χ2n) is 4.41. The van der Waals surface area contributed by atoms with Crippen LogP contribution in [-0.2, 0) is 19.6 Å². The largest absolute Gasteiger partial charge is 0.384 e. The minimum absolute atomic E-state index is 0.507. The molecule has 2 aromatic rings. The zero-order valence-corrected chi connectivity index (χ0v) is 10.6. The van der Waals surface area contributed by atoms with Crippen LogP contribution in [0, 0.1) is 0 Å². The van der Waals surface area contributed by atoms with Crippen LogP contribution in [0.4, 0.5) is 5.82 Å². The summed E-state index contributed by atoms with van der Waals surface area (Å²) in [5.74, 6) is 1.59. The van der Waals surface area contributed by atoms with Gasteiger partial charge in [0.15, 0.2) is 0 Å². The molecule has 0 bridgehead atoms. The first-order chi connectivity index (χ1) is 8.72. The van der Waals surface area contributed by atoms with Crippen molar-refractivity contribution < 1.29 is 0 Å². The average Bonchev–Trinajstić information content (AvgIpc) is 2.81. The fourth-order valence-corrected chi connectivity index (χ4v) is 2.35. The maximum absolute atomic E-state index is 6.13. The smallest absolute Gasteiger partial charge is 0.123 e. The summed E-state index contributed by atoms with van der Waals surface area (Å²) in [7, 11) is 0. The van der Waals surface area contributed by atoms with Crippen LogP contribution in [0.25, 0.3) is 0 Å². The normalized spacial score (nSPS) is 15.6. The van der Waals surface area contributed by atoms with Gasteiger partial charge in [-0.15, -0.1) is 0 Å². The molecule has 1 aliphatic rings. The Morgan fingerprint density at radius 1 is 1.33 bits per heavy atom. The number of nitrogens with zero attached hydrogens (tertiary/aromatic N) is 4. The highest BCUT2D eigenvalue weighted by Gasteiger charge is 2.18. The Balaban J connectivity index is 1.76. The summed E-state index contributed by atoms with van der Waals surface area (Å²) in [6.45, 7) is 3.45. The molecule has 1 aliphatic heterocycles. The topological polar surface area (TPSA) is 60.0 Å². The monoisotopic (exact) mass is 263 g/mol. The number of pyridine rings is 1. The average molecular weight is 264 g/mol. The van der Waals surface area contributed by atoms with Crippen molar-refractivity contribution in [2.24, 2.45) is 0 Å². The van der Waals surface area contributed by atoms with Gasteiger partial charge in [-0.05, 0) is 12.1 Å². The van der Waals surface area contributed by atoms with Crippen LogP contribution in [0.5, 0.6) is 0 Å². The van der Waals surface area contributed by atoms with Crippen LogP contribution >= 0.6 is 11.6 Å². The number of fused-ring (bicyclic) bond motifs is 1. The maximum Gasteiger partial charge on any atom is 0.123 e. The minimum atomic E-state index is 0.507. The highest BCUT2D eigenvalue weighted by Crippen LogP contribution is 2.19. The molecule has 0 unspecified atom stereocenters. The predicted molar refractivity (Wildman–Crippen MR) is 70.0 cm³/mol. The zero-order valence-electron chi connectivity index (χ0n) is 9.88. The van der Waals surface area contributed by atoms with Crippen molar-refractivity contribution >= 4 is 17.4 Å². The van der Waals surface area contributed by atoms with Gasteiger partial charge < -0.3 is 10.3 Å². The van der Waals surface area contributed by atoms with E-state index in [2.05, 4.69) is 19.4 Å². The molecule has 2 N–H and O–H groups in total. The van der Waals surface area contributed by atoms with Crippen LogP contribution < -0.4 is 5.73 Å². The molecular weight excluding hydrogens is 250 g/mol. The van der Waals surface area contributed by atoms with Crippen LogP contribution in [0.2, 0.25) is 5.02 Å². The maximum atomic E-state index is 6.13. The van der Waals surface area contributed by atoms with E-state index in [0.29, 0.717) is 17.4 Å². The first-order valence-electron chi connectivity index (χ1n) is 5.85. The Kier molecular flexibility index (Phi) is 2.93. The predicted octanol–water partition coefficient (Wildman–Crippen LogP) is 1.53. The van der Waals surface area contributed by atoms with E-state index in [9.17, 15) is 0 Å². The van der Waals surface area contributed by atoms with E-state index in [1.807, 2.05) is 12.4 Å². The van der Waals surface area contributed by atoms with Crippen LogP contribution in [0.3, 0.4) is 0 Å². The molecule has 0 saturated heterocycles. The number of nitrogens with two attached hydrogens (primary N) is 1. The lowest BCUT2D eigenvalue weighted by molar-refractivity contribution is 0.206. The number of aromatic nitrogens is 3. The molecule has 18 heavy (non-hydrogen) atoms. The van der Waals surface area contributed by atoms with Crippen molar-refractivity contribution in [1.29, 1.82) is 0 Å². The first-order valence-corrected chi connectivity index (χ1v) is 6.23. The fraction of sp³-hybridized carbons (Fsp3) is 0.333. The van der Waals surface area contributed by atoms with Crippen molar-refractivity contribution in [2.75, 3.05) is 12.3 Å². The molecule has 0 atom stereocenters. The van der Waals surface area contributed by atoms with Gasteiger partial charge in [0.05, 0.1) is 17.3 Å². The molecule has 3 heterocycles. The Bertz CT molecular complexity index is 565. The zero-order chi connectivity index (χ0) is 12.5. The lowest BCUT2D eigenvalue weighted by Gasteiger charge is -2.27. The third-order valence-electron chi connectivity index (χ3n) is 3.14.